The molecule has 25 heavy (non-hydrogen) atoms. The summed E-state index contributed by atoms with van der Waals surface area (Å²) < 4.78 is 4.90. The lowest BCUT2D eigenvalue weighted by Crippen LogP contribution is -2.57. The second-order valence-electron chi connectivity index (χ2n) is 8.54. The van der Waals surface area contributed by atoms with Crippen LogP contribution in [0, 0.1) is 22.7 Å². The molecule has 0 unspecified atom stereocenters. The summed E-state index contributed by atoms with van der Waals surface area (Å²) >= 11 is 0. The van der Waals surface area contributed by atoms with Gasteiger partial charge < -0.3 is 20.1 Å². The summed E-state index contributed by atoms with van der Waals surface area (Å²) in [4.78, 5) is 11.8. The van der Waals surface area contributed by atoms with Gasteiger partial charge in [-0.2, -0.15) is 0 Å². The van der Waals surface area contributed by atoms with Crippen LogP contribution in [-0.4, -0.2) is 46.7 Å². The molecule has 0 aromatic rings. The number of allylic oxidation sites excluding steroid dienone is 2. The van der Waals surface area contributed by atoms with Crippen LogP contribution in [0.4, 0.5) is 0 Å². The summed E-state index contributed by atoms with van der Waals surface area (Å²) in [5.41, 5.74) is 0.911. The van der Waals surface area contributed by atoms with E-state index < -0.39 is 23.6 Å². The van der Waals surface area contributed by atoms with Crippen LogP contribution in [0.3, 0.4) is 0 Å². The van der Waals surface area contributed by atoms with Crippen molar-refractivity contribution in [1.82, 2.24) is 0 Å². The van der Waals surface area contributed by atoms with Crippen molar-refractivity contribution in [2.45, 2.75) is 58.2 Å². The van der Waals surface area contributed by atoms with E-state index in [1.54, 1.807) is 0 Å². The van der Waals surface area contributed by atoms with Crippen LogP contribution < -0.4 is 0 Å². The molecule has 3 rings (SSSR count). The first-order chi connectivity index (χ1) is 11.7. The zero-order valence-electron chi connectivity index (χ0n) is 15.2. The number of hydrogen-bond donors (Lipinski definition) is 3. The van der Waals surface area contributed by atoms with E-state index in [2.05, 4.69) is 13.5 Å². The van der Waals surface area contributed by atoms with Crippen molar-refractivity contribution >= 4 is 5.97 Å². The normalized spacial score (nSPS) is 46.2. The Morgan fingerprint density at radius 2 is 2.04 bits per heavy atom. The van der Waals surface area contributed by atoms with Gasteiger partial charge in [0.25, 0.3) is 0 Å². The third kappa shape index (κ3) is 2.86. The van der Waals surface area contributed by atoms with Crippen molar-refractivity contribution in [3.8, 4) is 0 Å². The fourth-order valence-corrected chi connectivity index (χ4v) is 5.56. The Morgan fingerprint density at radius 1 is 1.32 bits per heavy atom. The van der Waals surface area contributed by atoms with E-state index in [1.165, 1.54) is 0 Å². The van der Waals surface area contributed by atoms with Crippen molar-refractivity contribution in [2.75, 3.05) is 13.2 Å². The Balaban J connectivity index is 1.89. The van der Waals surface area contributed by atoms with Crippen LogP contribution in [-0.2, 0) is 9.53 Å². The van der Waals surface area contributed by atoms with Gasteiger partial charge in [0.15, 0.2) is 0 Å². The van der Waals surface area contributed by atoms with Gasteiger partial charge in [-0.25, -0.2) is 4.79 Å². The molecule has 5 nitrogen and oxygen atoms in total. The second-order valence-corrected chi connectivity index (χ2v) is 8.54. The highest BCUT2D eigenvalue weighted by Gasteiger charge is 2.57. The number of carbonyl (C=O) groups is 1. The molecule has 0 aromatic heterocycles. The van der Waals surface area contributed by atoms with Gasteiger partial charge in [0, 0.05) is 5.41 Å². The number of aliphatic hydroxyl groups is 3. The van der Waals surface area contributed by atoms with Gasteiger partial charge in [-0.3, -0.25) is 0 Å². The number of rotatable bonds is 3. The topological polar surface area (TPSA) is 87.0 Å². The standard InChI is InChI=1S/C20H30O5/c1-12-4-7-16-19(2,9-8-17(23)20(16,3)11-21)14(12)6-5-13-15(22)10-25-18(13)24/h5,14-17,21-23H,1,4,6-11H2,2-3H3/t14-,15+,16+,17-,19+,20+/m1/s1. The maximum atomic E-state index is 11.8. The van der Waals surface area contributed by atoms with Gasteiger partial charge in [-0.1, -0.05) is 32.1 Å². The van der Waals surface area contributed by atoms with Gasteiger partial charge in [0.1, 0.15) is 12.7 Å². The molecule has 1 saturated heterocycles. The molecule has 140 valence electrons. The second kappa shape index (κ2) is 6.53. The van der Waals surface area contributed by atoms with E-state index in [0.29, 0.717) is 18.4 Å². The van der Waals surface area contributed by atoms with Gasteiger partial charge >= 0.3 is 5.97 Å². The first-order valence-corrected chi connectivity index (χ1v) is 9.26. The lowest BCUT2D eigenvalue weighted by atomic mass is 9.46. The van der Waals surface area contributed by atoms with Gasteiger partial charge in [0.05, 0.1) is 18.3 Å². The molecular weight excluding hydrogens is 320 g/mol. The third-order valence-corrected chi connectivity index (χ3v) is 7.23. The van der Waals surface area contributed by atoms with Crippen molar-refractivity contribution in [3.05, 3.63) is 23.8 Å². The highest BCUT2D eigenvalue weighted by atomic mass is 16.6. The molecule has 0 spiro atoms. The fourth-order valence-electron chi connectivity index (χ4n) is 5.56. The maximum Gasteiger partial charge on any atom is 0.336 e. The van der Waals surface area contributed by atoms with Gasteiger partial charge in [-0.15, -0.1) is 0 Å². The molecule has 0 bridgehead atoms. The zero-order valence-corrected chi connectivity index (χ0v) is 15.2. The molecule has 3 aliphatic rings. The number of ether oxygens (including phenoxy) is 1. The predicted molar refractivity (Wildman–Crippen MR) is 93.6 cm³/mol. The number of hydrogen-bond acceptors (Lipinski definition) is 5. The number of esters is 1. The number of cyclic esters (lactones) is 1. The quantitative estimate of drug-likeness (QED) is 0.411. The molecule has 1 heterocycles. The van der Waals surface area contributed by atoms with Gasteiger partial charge in [-0.05, 0) is 49.4 Å². The van der Waals surface area contributed by atoms with Crippen LogP contribution in [0.5, 0.6) is 0 Å². The van der Waals surface area contributed by atoms with Crippen LogP contribution in [0.1, 0.15) is 46.0 Å². The maximum absolute atomic E-state index is 11.8. The first kappa shape index (κ1) is 18.6. The Morgan fingerprint density at radius 3 is 2.64 bits per heavy atom. The van der Waals surface area contributed by atoms with E-state index >= 15 is 0 Å². The Bertz CT molecular complexity index is 597. The lowest BCUT2D eigenvalue weighted by molar-refractivity contribution is -0.151. The van der Waals surface area contributed by atoms with Crippen molar-refractivity contribution in [1.29, 1.82) is 0 Å². The van der Waals surface area contributed by atoms with E-state index in [1.807, 2.05) is 13.0 Å². The van der Waals surface area contributed by atoms with Crippen LogP contribution >= 0.6 is 0 Å². The van der Waals surface area contributed by atoms with E-state index in [-0.39, 0.29) is 30.5 Å². The molecule has 0 amide bonds. The third-order valence-electron chi connectivity index (χ3n) is 7.23. The Labute approximate surface area is 149 Å². The minimum absolute atomic E-state index is 0.0280. The molecule has 0 radical (unpaired) electrons. The number of aliphatic hydroxyl groups excluding tert-OH is 3. The van der Waals surface area contributed by atoms with Crippen molar-refractivity contribution in [3.63, 3.8) is 0 Å². The zero-order chi connectivity index (χ0) is 18.4. The molecule has 6 atom stereocenters. The van der Waals surface area contributed by atoms with Gasteiger partial charge in [0.2, 0.25) is 0 Å². The molecule has 1 aliphatic heterocycles. The fraction of sp³-hybridized carbons (Fsp3) is 0.750. The molecule has 2 aliphatic carbocycles. The minimum atomic E-state index is -0.844. The van der Waals surface area contributed by atoms with E-state index in [0.717, 1.165) is 24.8 Å². The largest absolute Gasteiger partial charge is 0.459 e. The van der Waals surface area contributed by atoms with E-state index in [9.17, 15) is 20.1 Å². The first-order valence-electron chi connectivity index (χ1n) is 9.26. The molecule has 3 fully saturated rings. The number of carbonyl (C=O) groups excluding carboxylic acids is 1. The molecular formula is C20H30O5. The molecule has 0 aromatic carbocycles. The summed E-state index contributed by atoms with van der Waals surface area (Å²) in [5.74, 6) is -0.0734. The van der Waals surface area contributed by atoms with E-state index in [4.69, 9.17) is 4.74 Å². The average Bonchev–Trinajstić information content (AvgIpc) is 2.89. The summed E-state index contributed by atoms with van der Waals surface area (Å²) in [7, 11) is 0. The lowest BCUT2D eigenvalue weighted by Gasteiger charge is -2.59. The molecule has 3 N–H and O–H groups in total. The van der Waals surface area contributed by atoms with Crippen LogP contribution in [0.2, 0.25) is 0 Å². The minimum Gasteiger partial charge on any atom is -0.459 e. The SMILES string of the molecule is C=C1CC[C@@H]2[C@](C)(CO)[C@H](O)CC[C@@]2(C)[C@@H]1CC=C1C(=O)OC[C@@H]1O. The van der Waals surface area contributed by atoms with Crippen LogP contribution in [0.25, 0.3) is 0 Å². The Hall–Kier alpha value is -1.17. The smallest absolute Gasteiger partial charge is 0.336 e. The highest BCUT2D eigenvalue weighted by molar-refractivity contribution is 5.91. The molecule has 5 heteroatoms. The van der Waals surface area contributed by atoms with Crippen molar-refractivity contribution in [2.24, 2.45) is 22.7 Å². The Kier molecular flexibility index (Phi) is 4.86. The monoisotopic (exact) mass is 350 g/mol. The summed E-state index contributed by atoms with van der Waals surface area (Å²) in [6.45, 7) is 8.50. The molecule has 2 saturated carbocycles. The number of fused-ring (bicyclic) bond motifs is 1. The summed E-state index contributed by atoms with van der Waals surface area (Å²) in [6.07, 6.45) is 4.42. The summed E-state index contributed by atoms with van der Waals surface area (Å²) in [5, 5.41) is 30.4. The predicted octanol–water partition coefficient (Wildman–Crippen LogP) is 1.96. The highest BCUT2D eigenvalue weighted by Crippen LogP contribution is 2.61. The van der Waals surface area contributed by atoms with Crippen molar-refractivity contribution < 1.29 is 24.9 Å². The average molecular weight is 350 g/mol. The summed E-state index contributed by atoms with van der Waals surface area (Å²) in [6, 6.07) is 0. The van der Waals surface area contributed by atoms with Crippen LogP contribution in [0.15, 0.2) is 23.8 Å².